The number of amides is 1. The Morgan fingerprint density at radius 3 is 2.58 bits per heavy atom. The number of aliphatic hydroxyl groups is 1. The van der Waals surface area contributed by atoms with Gasteiger partial charge in [-0.25, -0.2) is 0 Å². The van der Waals surface area contributed by atoms with Gasteiger partial charge in [0.15, 0.2) is 0 Å². The van der Waals surface area contributed by atoms with Crippen molar-refractivity contribution < 1.29 is 19.1 Å². The second-order valence-electron chi connectivity index (χ2n) is 5.16. The highest BCUT2D eigenvalue weighted by atomic mass is 16.5. The summed E-state index contributed by atoms with van der Waals surface area (Å²) in [5, 5.41) is 12.0. The Morgan fingerprint density at radius 2 is 1.92 bits per heavy atom. The maximum Gasteiger partial charge on any atom is 0.255 e. The molecule has 5 heteroatoms. The molecule has 2 aromatic carbocycles. The third kappa shape index (κ3) is 3.31. The molecule has 5 nitrogen and oxygen atoms in total. The van der Waals surface area contributed by atoms with E-state index in [-0.39, 0.29) is 12.5 Å². The lowest BCUT2D eigenvalue weighted by Crippen LogP contribution is -2.12. The second-order valence-corrected chi connectivity index (χ2v) is 5.16. The first kappa shape index (κ1) is 15.8. The van der Waals surface area contributed by atoms with Gasteiger partial charge in [0, 0.05) is 11.1 Å². The van der Waals surface area contributed by atoms with E-state index in [1.54, 1.807) is 43.5 Å². The van der Waals surface area contributed by atoms with Gasteiger partial charge in [-0.1, -0.05) is 18.2 Å². The van der Waals surface area contributed by atoms with Crippen LogP contribution >= 0.6 is 0 Å². The average Bonchev–Trinajstić information content (AvgIpc) is 3.11. The average molecular weight is 323 g/mol. The number of aliphatic hydroxyl groups excluding tert-OH is 1. The first-order valence-corrected chi connectivity index (χ1v) is 7.45. The molecule has 24 heavy (non-hydrogen) atoms. The van der Waals surface area contributed by atoms with E-state index in [0.717, 1.165) is 5.56 Å². The number of hydrogen-bond donors (Lipinski definition) is 2. The van der Waals surface area contributed by atoms with Crippen molar-refractivity contribution in [2.24, 2.45) is 0 Å². The van der Waals surface area contributed by atoms with Crippen molar-refractivity contribution in [3.8, 4) is 17.1 Å². The molecule has 2 N–H and O–H groups in total. The summed E-state index contributed by atoms with van der Waals surface area (Å²) in [6.07, 6.45) is 0. The minimum absolute atomic E-state index is 0.159. The molecule has 0 fully saturated rings. The lowest BCUT2D eigenvalue weighted by molar-refractivity contribution is 0.102. The van der Waals surface area contributed by atoms with Crippen LogP contribution in [0.5, 0.6) is 5.75 Å². The lowest BCUT2D eigenvalue weighted by atomic mass is 10.1. The number of methoxy groups -OCH3 is 1. The van der Waals surface area contributed by atoms with Gasteiger partial charge < -0.3 is 19.6 Å². The van der Waals surface area contributed by atoms with E-state index in [1.165, 1.54) is 0 Å². The normalized spacial score (nSPS) is 10.4. The molecule has 0 radical (unpaired) electrons. The van der Waals surface area contributed by atoms with Gasteiger partial charge in [-0.05, 0) is 42.5 Å². The molecule has 3 rings (SSSR count). The molecular weight excluding hydrogens is 306 g/mol. The second kappa shape index (κ2) is 7.02. The Morgan fingerprint density at radius 1 is 1.12 bits per heavy atom. The fraction of sp³-hybridized carbons (Fsp3) is 0.105. The van der Waals surface area contributed by atoms with Crippen molar-refractivity contribution in [1.29, 1.82) is 0 Å². The summed E-state index contributed by atoms with van der Waals surface area (Å²) in [4.78, 5) is 12.4. The van der Waals surface area contributed by atoms with Crippen LogP contribution in [0.4, 0.5) is 5.69 Å². The molecule has 0 aliphatic heterocycles. The maximum absolute atomic E-state index is 12.4. The Labute approximate surface area is 139 Å². The summed E-state index contributed by atoms with van der Waals surface area (Å²) >= 11 is 0. The molecule has 0 bridgehead atoms. The number of carbonyl (C=O) groups is 1. The zero-order chi connectivity index (χ0) is 16.9. The predicted octanol–water partition coefficient (Wildman–Crippen LogP) is 3.70. The van der Waals surface area contributed by atoms with Crippen molar-refractivity contribution >= 4 is 11.6 Å². The fourth-order valence-electron chi connectivity index (χ4n) is 2.36. The van der Waals surface area contributed by atoms with Gasteiger partial charge >= 0.3 is 0 Å². The van der Waals surface area contributed by atoms with Crippen LogP contribution in [0.25, 0.3) is 11.3 Å². The molecule has 1 amide bonds. The number of furan rings is 1. The molecule has 0 unspecified atom stereocenters. The SMILES string of the molecule is COc1ccc(-c2ccc(CO)o2)cc1NC(=O)c1ccccc1. The maximum atomic E-state index is 12.4. The summed E-state index contributed by atoms with van der Waals surface area (Å²) in [5.41, 5.74) is 1.88. The number of ether oxygens (including phenoxy) is 1. The van der Waals surface area contributed by atoms with Crippen molar-refractivity contribution in [3.05, 3.63) is 72.0 Å². The van der Waals surface area contributed by atoms with E-state index in [4.69, 9.17) is 14.3 Å². The highest BCUT2D eigenvalue weighted by molar-refractivity contribution is 6.05. The fourth-order valence-corrected chi connectivity index (χ4v) is 2.36. The minimum atomic E-state index is -0.221. The van der Waals surface area contributed by atoms with E-state index in [0.29, 0.717) is 28.5 Å². The topological polar surface area (TPSA) is 71.7 Å². The van der Waals surface area contributed by atoms with Crippen LogP contribution in [-0.4, -0.2) is 18.1 Å². The van der Waals surface area contributed by atoms with Crippen LogP contribution < -0.4 is 10.1 Å². The Kier molecular flexibility index (Phi) is 4.63. The van der Waals surface area contributed by atoms with Gasteiger partial charge in [0.25, 0.3) is 5.91 Å². The molecule has 0 saturated carbocycles. The van der Waals surface area contributed by atoms with Crippen LogP contribution in [0, 0.1) is 0 Å². The van der Waals surface area contributed by atoms with Gasteiger partial charge in [0.1, 0.15) is 23.9 Å². The van der Waals surface area contributed by atoms with E-state index in [2.05, 4.69) is 5.32 Å². The number of benzene rings is 2. The molecule has 0 spiro atoms. The van der Waals surface area contributed by atoms with Crippen molar-refractivity contribution in [2.75, 3.05) is 12.4 Å². The van der Waals surface area contributed by atoms with Crippen LogP contribution in [0.3, 0.4) is 0 Å². The quantitative estimate of drug-likeness (QED) is 0.751. The smallest absolute Gasteiger partial charge is 0.255 e. The number of carbonyl (C=O) groups excluding carboxylic acids is 1. The molecule has 1 heterocycles. The van der Waals surface area contributed by atoms with E-state index >= 15 is 0 Å². The summed E-state index contributed by atoms with van der Waals surface area (Å²) < 4.78 is 10.8. The van der Waals surface area contributed by atoms with Crippen LogP contribution in [0.2, 0.25) is 0 Å². The number of hydrogen-bond acceptors (Lipinski definition) is 4. The molecule has 0 aliphatic carbocycles. The third-order valence-corrected chi connectivity index (χ3v) is 3.59. The zero-order valence-electron chi connectivity index (χ0n) is 13.2. The monoisotopic (exact) mass is 323 g/mol. The summed E-state index contributed by atoms with van der Waals surface area (Å²) in [6, 6.07) is 17.8. The number of nitrogens with one attached hydrogen (secondary N) is 1. The standard InChI is InChI=1S/C19H17NO4/c1-23-18-9-7-14(17-10-8-15(12-21)24-17)11-16(18)20-19(22)13-5-3-2-4-6-13/h2-11,21H,12H2,1H3,(H,20,22). The summed E-state index contributed by atoms with van der Waals surface area (Å²) in [5.74, 6) is 1.42. The molecule has 1 aromatic heterocycles. The van der Waals surface area contributed by atoms with Crippen molar-refractivity contribution in [2.45, 2.75) is 6.61 Å². The lowest BCUT2D eigenvalue weighted by Gasteiger charge is -2.11. The minimum Gasteiger partial charge on any atom is -0.495 e. The van der Waals surface area contributed by atoms with Gasteiger partial charge in [-0.3, -0.25) is 4.79 Å². The van der Waals surface area contributed by atoms with E-state index in [9.17, 15) is 4.79 Å². The van der Waals surface area contributed by atoms with E-state index in [1.807, 2.05) is 24.3 Å². The largest absolute Gasteiger partial charge is 0.495 e. The van der Waals surface area contributed by atoms with Gasteiger partial charge in [0.2, 0.25) is 0 Å². The van der Waals surface area contributed by atoms with Gasteiger partial charge in [0.05, 0.1) is 12.8 Å². The highest BCUT2D eigenvalue weighted by Gasteiger charge is 2.12. The number of anilines is 1. The van der Waals surface area contributed by atoms with Crippen LogP contribution in [-0.2, 0) is 6.61 Å². The Bertz CT molecular complexity index is 840. The van der Waals surface area contributed by atoms with Crippen molar-refractivity contribution in [1.82, 2.24) is 0 Å². The Hall–Kier alpha value is -3.05. The Balaban J connectivity index is 1.91. The number of rotatable bonds is 5. The third-order valence-electron chi connectivity index (χ3n) is 3.59. The predicted molar refractivity (Wildman–Crippen MR) is 91.0 cm³/mol. The molecule has 0 atom stereocenters. The van der Waals surface area contributed by atoms with Crippen LogP contribution in [0.15, 0.2) is 65.1 Å². The molecular formula is C19H17NO4. The first-order valence-electron chi connectivity index (χ1n) is 7.45. The highest BCUT2D eigenvalue weighted by Crippen LogP contribution is 2.32. The zero-order valence-corrected chi connectivity index (χ0v) is 13.2. The van der Waals surface area contributed by atoms with Gasteiger partial charge in [-0.2, -0.15) is 0 Å². The summed E-state index contributed by atoms with van der Waals surface area (Å²) in [6.45, 7) is -0.159. The van der Waals surface area contributed by atoms with Crippen LogP contribution in [0.1, 0.15) is 16.1 Å². The summed E-state index contributed by atoms with van der Waals surface area (Å²) in [7, 11) is 1.55. The molecule has 0 saturated heterocycles. The van der Waals surface area contributed by atoms with Gasteiger partial charge in [-0.15, -0.1) is 0 Å². The molecule has 3 aromatic rings. The van der Waals surface area contributed by atoms with E-state index < -0.39 is 0 Å². The molecule has 0 aliphatic rings. The molecule has 122 valence electrons. The van der Waals surface area contributed by atoms with Crippen molar-refractivity contribution in [3.63, 3.8) is 0 Å². The first-order chi connectivity index (χ1) is 11.7.